The van der Waals surface area contributed by atoms with Crippen molar-refractivity contribution >= 4 is 6.08 Å². The molecule has 0 radical (unpaired) electrons. The second kappa shape index (κ2) is 4.97. The van der Waals surface area contributed by atoms with Crippen LogP contribution in [0.3, 0.4) is 0 Å². The van der Waals surface area contributed by atoms with Gasteiger partial charge in [0.05, 0.1) is 0 Å². The lowest BCUT2D eigenvalue weighted by molar-refractivity contribution is 0.866. The fraction of sp³-hybridized carbons (Fsp3) is 0.333. The maximum absolute atomic E-state index is 3.93. The fourth-order valence-electron chi connectivity index (χ4n) is 1.35. The van der Waals surface area contributed by atoms with Gasteiger partial charge in [-0.05, 0) is 36.5 Å². The molecule has 0 amide bonds. The van der Waals surface area contributed by atoms with E-state index >= 15 is 0 Å². The van der Waals surface area contributed by atoms with E-state index in [-0.39, 0.29) is 0 Å². The first-order valence-electron chi connectivity index (χ1n) is 5.45. The molecule has 0 fully saturated rings. The fourth-order valence-corrected chi connectivity index (χ4v) is 1.35. The third-order valence-corrected chi connectivity index (χ3v) is 2.66. The van der Waals surface area contributed by atoms with Gasteiger partial charge in [-0.25, -0.2) is 0 Å². The summed E-state index contributed by atoms with van der Waals surface area (Å²) in [6.45, 7) is 12.5. The zero-order valence-electron chi connectivity index (χ0n) is 10.2. The SMILES string of the molecule is C=C(C)/C(C)=C/c1ccc(C(C)C)cc1. The van der Waals surface area contributed by atoms with Crippen LogP contribution in [0.4, 0.5) is 0 Å². The standard InChI is InChI=1S/C15H20/c1-11(2)13(5)10-14-6-8-15(9-7-14)12(3)4/h6-10,12H,1H2,2-5H3/b13-10+. The zero-order valence-corrected chi connectivity index (χ0v) is 10.2. The van der Waals surface area contributed by atoms with Crippen molar-refractivity contribution in [2.45, 2.75) is 33.6 Å². The summed E-state index contributed by atoms with van der Waals surface area (Å²) in [6.07, 6.45) is 2.17. The summed E-state index contributed by atoms with van der Waals surface area (Å²) in [5.74, 6) is 0.602. The van der Waals surface area contributed by atoms with Crippen LogP contribution in [0.25, 0.3) is 6.08 Å². The van der Waals surface area contributed by atoms with Crippen molar-refractivity contribution < 1.29 is 0 Å². The highest BCUT2D eigenvalue weighted by molar-refractivity contribution is 5.57. The maximum atomic E-state index is 3.93. The molecule has 0 N–H and O–H groups in total. The molecule has 0 aliphatic heterocycles. The van der Waals surface area contributed by atoms with Gasteiger partial charge in [0.2, 0.25) is 0 Å². The van der Waals surface area contributed by atoms with E-state index in [1.54, 1.807) is 0 Å². The van der Waals surface area contributed by atoms with Crippen LogP contribution in [0.5, 0.6) is 0 Å². The van der Waals surface area contributed by atoms with E-state index in [2.05, 4.69) is 57.7 Å². The van der Waals surface area contributed by atoms with Crippen LogP contribution in [-0.4, -0.2) is 0 Å². The Balaban J connectivity index is 2.90. The van der Waals surface area contributed by atoms with Crippen LogP contribution >= 0.6 is 0 Å². The molecule has 0 heteroatoms. The lowest BCUT2D eigenvalue weighted by atomic mass is 10.0. The first kappa shape index (κ1) is 11.8. The summed E-state index contributed by atoms with van der Waals surface area (Å²) < 4.78 is 0. The van der Waals surface area contributed by atoms with Gasteiger partial charge in [0.25, 0.3) is 0 Å². The average Bonchev–Trinajstić information content (AvgIpc) is 2.18. The Labute approximate surface area is 93.3 Å². The quantitative estimate of drug-likeness (QED) is 0.615. The molecule has 0 saturated heterocycles. The Morgan fingerprint density at radius 3 is 2.07 bits per heavy atom. The van der Waals surface area contributed by atoms with Gasteiger partial charge in [-0.1, -0.05) is 56.3 Å². The van der Waals surface area contributed by atoms with E-state index in [1.807, 2.05) is 6.92 Å². The summed E-state index contributed by atoms with van der Waals surface area (Å²) in [5, 5.41) is 0. The molecule has 0 atom stereocenters. The first-order valence-corrected chi connectivity index (χ1v) is 5.45. The number of hydrogen-bond acceptors (Lipinski definition) is 0. The van der Waals surface area contributed by atoms with Crippen molar-refractivity contribution in [1.82, 2.24) is 0 Å². The van der Waals surface area contributed by atoms with Gasteiger partial charge in [-0.2, -0.15) is 0 Å². The van der Waals surface area contributed by atoms with E-state index in [9.17, 15) is 0 Å². The normalized spacial score (nSPS) is 11.9. The third kappa shape index (κ3) is 3.39. The number of hydrogen-bond donors (Lipinski definition) is 0. The molecular formula is C15H20. The lowest BCUT2D eigenvalue weighted by Crippen LogP contribution is -1.86. The van der Waals surface area contributed by atoms with Gasteiger partial charge < -0.3 is 0 Å². The molecule has 1 aromatic carbocycles. The molecule has 1 aromatic rings. The van der Waals surface area contributed by atoms with E-state index in [1.165, 1.54) is 16.7 Å². The van der Waals surface area contributed by atoms with Gasteiger partial charge in [0.1, 0.15) is 0 Å². The third-order valence-electron chi connectivity index (χ3n) is 2.66. The average molecular weight is 200 g/mol. The molecule has 1 rings (SSSR count). The summed E-state index contributed by atoms with van der Waals surface area (Å²) in [6, 6.07) is 8.73. The highest BCUT2D eigenvalue weighted by atomic mass is 14.0. The van der Waals surface area contributed by atoms with Crippen LogP contribution in [0, 0.1) is 0 Å². The maximum Gasteiger partial charge on any atom is -0.0219 e. The second-order valence-corrected chi connectivity index (χ2v) is 4.43. The predicted molar refractivity (Wildman–Crippen MR) is 69.0 cm³/mol. The lowest BCUT2D eigenvalue weighted by Gasteiger charge is -2.05. The molecule has 0 bridgehead atoms. The summed E-state index contributed by atoms with van der Waals surface area (Å²) in [5.41, 5.74) is 5.01. The minimum atomic E-state index is 0.602. The molecular weight excluding hydrogens is 180 g/mol. The molecule has 0 unspecified atom stereocenters. The minimum absolute atomic E-state index is 0.602. The highest BCUT2D eigenvalue weighted by Gasteiger charge is 1.97. The van der Waals surface area contributed by atoms with Crippen molar-refractivity contribution in [3.05, 3.63) is 53.1 Å². The smallest absolute Gasteiger partial charge is 0.0219 e. The first-order chi connectivity index (χ1) is 7.00. The zero-order chi connectivity index (χ0) is 11.4. The molecule has 15 heavy (non-hydrogen) atoms. The van der Waals surface area contributed by atoms with Crippen LogP contribution in [0.1, 0.15) is 44.7 Å². The number of benzene rings is 1. The summed E-state index contributed by atoms with van der Waals surface area (Å²) >= 11 is 0. The molecule has 80 valence electrons. The van der Waals surface area contributed by atoms with E-state index in [4.69, 9.17) is 0 Å². The largest absolute Gasteiger partial charge is 0.0958 e. The van der Waals surface area contributed by atoms with Gasteiger partial charge in [-0.15, -0.1) is 0 Å². The van der Waals surface area contributed by atoms with Gasteiger partial charge >= 0.3 is 0 Å². The van der Waals surface area contributed by atoms with E-state index in [0.29, 0.717) is 5.92 Å². The van der Waals surface area contributed by atoms with Crippen molar-refractivity contribution in [2.75, 3.05) is 0 Å². The Kier molecular flexibility index (Phi) is 3.90. The molecule has 0 spiro atoms. The van der Waals surface area contributed by atoms with Crippen molar-refractivity contribution in [3.63, 3.8) is 0 Å². The number of allylic oxidation sites excluding steroid dienone is 2. The Bertz CT molecular complexity index is 364. The minimum Gasteiger partial charge on any atom is -0.0958 e. The van der Waals surface area contributed by atoms with Crippen LogP contribution in [-0.2, 0) is 0 Å². The summed E-state index contributed by atoms with van der Waals surface area (Å²) in [4.78, 5) is 0. The molecule has 0 aliphatic rings. The van der Waals surface area contributed by atoms with Crippen LogP contribution in [0.15, 0.2) is 42.0 Å². The van der Waals surface area contributed by atoms with E-state index in [0.717, 1.165) is 5.57 Å². The van der Waals surface area contributed by atoms with Crippen molar-refractivity contribution in [2.24, 2.45) is 0 Å². The van der Waals surface area contributed by atoms with Crippen molar-refractivity contribution in [1.29, 1.82) is 0 Å². The van der Waals surface area contributed by atoms with Gasteiger partial charge in [0.15, 0.2) is 0 Å². The second-order valence-electron chi connectivity index (χ2n) is 4.43. The highest BCUT2D eigenvalue weighted by Crippen LogP contribution is 2.17. The summed E-state index contributed by atoms with van der Waals surface area (Å²) in [7, 11) is 0. The molecule has 0 nitrogen and oxygen atoms in total. The van der Waals surface area contributed by atoms with Gasteiger partial charge in [-0.3, -0.25) is 0 Å². The monoisotopic (exact) mass is 200 g/mol. The molecule has 0 saturated carbocycles. The Hall–Kier alpha value is -1.30. The Morgan fingerprint density at radius 1 is 1.13 bits per heavy atom. The number of rotatable bonds is 3. The van der Waals surface area contributed by atoms with Crippen LogP contribution in [0.2, 0.25) is 0 Å². The molecule has 0 aromatic heterocycles. The predicted octanol–water partition coefficient (Wildman–Crippen LogP) is 4.79. The van der Waals surface area contributed by atoms with E-state index < -0.39 is 0 Å². The van der Waals surface area contributed by atoms with Crippen LogP contribution < -0.4 is 0 Å². The topological polar surface area (TPSA) is 0 Å². The molecule has 0 heterocycles. The van der Waals surface area contributed by atoms with Gasteiger partial charge in [0, 0.05) is 0 Å². The van der Waals surface area contributed by atoms with Crippen molar-refractivity contribution in [3.8, 4) is 0 Å². The Morgan fingerprint density at radius 2 is 1.67 bits per heavy atom. The molecule has 0 aliphatic carbocycles.